The lowest BCUT2D eigenvalue weighted by Crippen LogP contribution is -2.33. The molecule has 1 saturated heterocycles. The number of hydrogen-bond acceptors (Lipinski definition) is 4. The van der Waals surface area contributed by atoms with Crippen molar-refractivity contribution >= 4 is 28.4 Å². The van der Waals surface area contributed by atoms with Gasteiger partial charge in [0, 0.05) is 22.2 Å². The van der Waals surface area contributed by atoms with Gasteiger partial charge in [0.2, 0.25) is 0 Å². The molecule has 1 aromatic heterocycles. The Labute approximate surface area is 210 Å². The average Bonchev–Trinajstić information content (AvgIpc) is 3.33. The van der Waals surface area contributed by atoms with Crippen LogP contribution in [0.4, 0.5) is 0 Å². The number of benzene rings is 3. The number of nitrogens with one attached hydrogen (secondary N) is 2. The van der Waals surface area contributed by atoms with Crippen molar-refractivity contribution in [1.29, 1.82) is 0 Å². The molecule has 0 radical (unpaired) electrons. The van der Waals surface area contributed by atoms with E-state index >= 15 is 0 Å². The van der Waals surface area contributed by atoms with Crippen molar-refractivity contribution in [1.82, 2.24) is 15.3 Å². The topological polar surface area (TPSA) is 67.0 Å². The normalized spacial score (nSPS) is 15.9. The van der Waals surface area contributed by atoms with Crippen molar-refractivity contribution in [2.45, 2.75) is 51.2 Å². The van der Waals surface area contributed by atoms with Crippen LogP contribution in [-0.2, 0) is 13.0 Å². The number of ketones is 1. The van der Waals surface area contributed by atoms with E-state index in [9.17, 15) is 4.79 Å². The summed E-state index contributed by atoms with van der Waals surface area (Å²) >= 11 is 5.97. The maximum Gasteiger partial charge on any atom is 0.193 e. The molecular formula is C29H30ClN3O2. The van der Waals surface area contributed by atoms with Crippen LogP contribution in [0.1, 0.15) is 59.4 Å². The number of H-pyrrole nitrogens is 1. The van der Waals surface area contributed by atoms with E-state index in [4.69, 9.17) is 21.3 Å². The van der Waals surface area contributed by atoms with E-state index in [0.29, 0.717) is 23.2 Å². The second-order valence-corrected chi connectivity index (χ2v) is 9.58. The molecule has 1 aliphatic rings. The fourth-order valence-electron chi connectivity index (χ4n) is 4.84. The van der Waals surface area contributed by atoms with Crippen molar-refractivity contribution in [3.63, 3.8) is 0 Å². The van der Waals surface area contributed by atoms with Crippen LogP contribution in [0.5, 0.6) is 5.75 Å². The third-order valence-electron chi connectivity index (χ3n) is 6.67. The maximum absolute atomic E-state index is 13.4. The lowest BCUT2D eigenvalue weighted by Gasteiger charge is -2.23. The minimum atomic E-state index is 0.0419. The molecule has 180 valence electrons. The first-order valence-corrected chi connectivity index (χ1v) is 12.8. The third-order valence-corrected chi connectivity index (χ3v) is 6.92. The van der Waals surface area contributed by atoms with Crippen LogP contribution in [0, 0.1) is 0 Å². The second-order valence-electron chi connectivity index (χ2n) is 9.15. The number of carbonyl (C=O) groups excluding carboxylic acids is 1. The molecule has 0 spiro atoms. The molecular weight excluding hydrogens is 458 g/mol. The number of carbonyl (C=O) groups is 1. The first-order chi connectivity index (χ1) is 17.2. The van der Waals surface area contributed by atoms with Gasteiger partial charge in [-0.1, -0.05) is 48.4 Å². The lowest BCUT2D eigenvalue weighted by molar-refractivity contribution is 0.103. The van der Waals surface area contributed by atoms with E-state index in [1.54, 1.807) is 12.1 Å². The molecule has 1 unspecified atom stereocenters. The number of fused-ring (bicyclic) bond motifs is 1. The Morgan fingerprint density at radius 2 is 1.86 bits per heavy atom. The summed E-state index contributed by atoms with van der Waals surface area (Å²) in [6, 6.07) is 21.2. The Balaban J connectivity index is 1.41. The second kappa shape index (κ2) is 11.1. The summed E-state index contributed by atoms with van der Waals surface area (Å²) in [5.74, 6) is 1.50. The highest BCUT2D eigenvalue weighted by molar-refractivity contribution is 6.30. The SMILES string of the molecule is O=C(c1ccccc1)c1ccc2[nH]c(COc3ccc(Cl)cc3)nc2c1CCCC1CCCCN1. The first-order valence-electron chi connectivity index (χ1n) is 12.4. The number of halogens is 1. The third kappa shape index (κ3) is 5.75. The Morgan fingerprint density at radius 1 is 1.03 bits per heavy atom. The first kappa shape index (κ1) is 23.6. The highest BCUT2D eigenvalue weighted by Crippen LogP contribution is 2.27. The molecule has 2 N–H and O–H groups in total. The van der Waals surface area contributed by atoms with Gasteiger partial charge in [-0.15, -0.1) is 0 Å². The van der Waals surface area contributed by atoms with Crippen LogP contribution in [0.3, 0.4) is 0 Å². The van der Waals surface area contributed by atoms with Crippen LogP contribution >= 0.6 is 11.6 Å². The van der Waals surface area contributed by atoms with Crippen molar-refractivity contribution in [3.8, 4) is 5.75 Å². The minimum absolute atomic E-state index is 0.0419. The van der Waals surface area contributed by atoms with E-state index in [1.165, 1.54) is 19.3 Å². The van der Waals surface area contributed by atoms with Gasteiger partial charge >= 0.3 is 0 Å². The quantitative estimate of drug-likeness (QED) is 0.265. The van der Waals surface area contributed by atoms with Crippen LogP contribution in [0.25, 0.3) is 11.0 Å². The zero-order valence-corrected chi connectivity index (χ0v) is 20.5. The fourth-order valence-corrected chi connectivity index (χ4v) is 4.97. The summed E-state index contributed by atoms with van der Waals surface area (Å²) in [7, 11) is 0. The number of aryl methyl sites for hydroxylation is 1. The molecule has 3 aromatic carbocycles. The molecule has 35 heavy (non-hydrogen) atoms. The van der Waals surface area contributed by atoms with E-state index in [0.717, 1.165) is 59.5 Å². The molecule has 0 saturated carbocycles. The average molecular weight is 488 g/mol. The van der Waals surface area contributed by atoms with Crippen LogP contribution in [-0.4, -0.2) is 28.3 Å². The minimum Gasteiger partial charge on any atom is -0.486 e. The van der Waals surface area contributed by atoms with Gasteiger partial charge in [0.15, 0.2) is 5.78 Å². The van der Waals surface area contributed by atoms with E-state index < -0.39 is 0 Å². The summed E-state index contributed by atoms with van der Waals surface area (Å²) < 4.78 is 5.90. The van der Waals surface area contributed by atoms with Crippen molar-refractivity contribution < 1.29 is 9.53 Å². The molecule has 2 heterocycles. The molecule has 0 amide bonds. The number of aromatic amines is 1. The molecule has 0 bridgehead atoms. The van der Waals surface area contributed by atoms with Crippen molar-refractivity contribution in [3.05, 3.63) is 94.3 Å². The molecule has 1 aliphatic heterocycles. The number of rotatable bonds is 9. The highest BCUT2D eigenvalue weighted by Gasteiger charge is 2.20. The molecule has 5 rings (SSSR count). The zero-order chi connectivity index (χ0) is 24.0. The Morgan fingerprint density at radius 3 is 2.63 bits per heavy atom. The largest absolute Gasteiger partial charge is 0.486 e. The van der Waals surface area contributed by atoms with Gasteiger partial charge in [0.25, 0.3) is 0 Å². The summed E-state index contributed by atoms with van der Waals surface area (Å²) in [6.45, 7) is 1.41. The van der Waals surface area contributed by atoms with E-state index in [2.05, 4.69) is 10.3 Å². The Kier molecular flexibility index (Phi) is 7.45. The van der Waals surface area contributed by atoms with Gasteiger partial charge in [-0.05, 0) is 80.6 Å². The summed E-state index contributed by atoms with van der Waals surface area (Å²) in [5, 5.41) is 4.30. The number of ether oxygens (including phenoxy) is 1. The predicted octanol–water partition coefficient (Wildman–Crippen LogP) is 6.49. The van der Waals surface area contributed by atoms with Gasteiger partial charge in [-0.25, -0.2) is 4.98 Å². The number of piperidine rings is 1. The standard InChI is InChI=1S/C29H30ClN3O2/c30-21-12-14-23(15-13-21)35-19-27-32-26-17-16-25(29(34)20-7-2-1-3-8-20)24(28(26)33-27)11-6-10-22-9-4-5-18-31-22/h1-3,7-8,12-17,22,31H,4-6,9-11,18-19H2,(H,32,33). The van der Waals surface area contributed by atoms with Crippen molar-refractivity contribution in [2.75, 3.05) is 6.54 Å². The zero-order valence-electron chi connectivity index (χ0n) is 19.7. The summed E-state index contributed by atoms with van der Waals surface area (Å²) in [5.41, 5.74) is 4.23. The fraction of sp³-hybridized carbons (Fsp3) is 0.310. The van der Waals surface area contributed by atoms with Crippen LogP contribution < -0.4 is 10.1 Å². The number of aromatic nitrogens is 2. The van der Waals surface area contributed by atoms with Gasteiger partial charge in [0.05, 0.1) is 11.0 Å². The predicted molar refractivity (Wildman–Crippen MR) is 140 cm³/mol. The molecule has 4 aromatic rings. The van der Waals surface area contributed by atoms with Gasteiger partial charge in [-0.2, -0.15) is 0 Å². The molecule has 0 aliphatic carbocycles. The lowest BCUT2D eigenvalue weighted by atomic mass is 9.92. The number of nitrogens with zero attached hydrogens (tertiary/aromatic N) is 1. The Hall–Kier alpha value is -3.15. The monoisotopic (exact) mass is 487 g/mol. The molecule has 1 atom stereocenters. The van der Waals surface area contributed by atoms with Crippen LogP contribution in [0.2, 0.25) is 5.02 Å². The number of hydrogen-bond donors (Lipinski definition) is 2. The molecule has 1 fully saturated rings. The summed E-state index contributed by atoms with van der Waals surface area (Å²) in [4.78, 5) is 21.7. The van der Waals surface area contributed by atoms with Gasteiger partial charge in [0.1, 0.15) is 18.2 Å². The van der Waals surface area contributed by atoms with E-state index in [1.807, 2.05) is 54.6 Å². The van der Waals surface area contributed by atoms with Crippen LogP contribution in [0.15, 0.2) is 66.7 Å². The van der Waals surface area contributed by atoms with Gasteiger partial charge in [-0.3, -0.25) is 4.79 Å². The van der Waals surface area contributed by atoms with Gasteiger partial charge < -0.3 is 15.0 Å². The molecule has 5 nitrogen and oxygen atoms in total. The maximum atomic E-state index is 13.4. The van der Waals surface area contributed by atoms with Crippen molar-refractivity contribution in [2.24, 2.45) is 0 Å². The smallest absolute Gasteiger partial charge is 0.193 e. The number of imidazole rings is 1. The highest BCUT2D eigenvalue weighted by atomic mass is 35.5. The molecule has 6 heteroatoms. The van der Waals surface area contributed by atoms with E-state index in [-0.39, 0.29) is 5.78 Å². The summed E-state index contributed by atoms with van der Waals surface area (Å²) in [6.07, 6.45) is 6.71. The Bertz CT molecular complexity index is 1280.